The van der Waals surface area contributed by atoms with Gasteiger partial charge in [-0.15, -0.1) is 0 Å². The summed E-state index contributed by atoms with van der Waals surface area (Å²) in [5.41, 5.74) is 1.87. The van der Waals surface area contributed by atoms with Gasteiger partial charge in [0.05, 0.1) is 0 Å². The Morgan fingerprint density at radius 2 is 1.50 bits per heavy atom. The standard InChI is InChI=1S/C17H16ClN3O2S/c1-2-15(22)21-17(24)20-14-9-7-13(8-10-14)19-16(23)11-3-5-12(18)6-4-11/h3-10H,2H2,1H3,(H,19,23)(H2,20,21,22,24). The minimum Gasteiger partial charge on any atom is -0.332 e. The minimum atomic E-state index is -0.224. The number of hydrogen-bond acceptors (Lipinski definition) is 3. The van der Waals surface area contributed by atoms with E-state index in [1.54, 1.807) is 55.5 Å². The van der Waals surface area contributed by atoms with Crippen molar-refractivity contribution in [3.63, 3.8) is 0 Å². The summed E-state index contributed by atoms with van der Waals surface area (Å²) in [6, 6.07) is 13.6. The summed E-state index contributed by atoms with van der Waals surface area (Å²) in [7, 11) is 0. The molecule has 0 aromatic heterocycles. The Kier molecular flexibility index (Phi) is 6.28. The number of hydrogen-bond donors (Lipinski definition) is 3. The zero-order valence-electron chi connectivity index (χ0n) is 12.9. The molecule has 3 N–H and O–H groups in total. The Balaban J connectivity index is 1.94. The predicted molar refractivity (Wildman–Crippen MR) is 101 cm³/mol. The zero-order valence-corrected chi connectivity index (χ0v) is 14.5. The van der Waals surface area contributed by atoms with Gasteiger partial charge in [0, 0.05) is 28.4 Å². The van der Waals surface area contributed by atoms with Crippen LogP contribution in [-0.4, -0.2) is 16.9 Å². The molecular formula is C17H16ClN3O2S. The molecule has 0 bridgehead atoms. The van der Waals surface area contributed by atoms with Crippen molar-refractivity contribution in [1.82, 2.24) is 5.32 Å². The summed E-state index contributed by atoms with van der Waals surface area (Å²) < 4.78 is 0. The molecule has 2 amide bonds. The highest BCUT2D eigenvalue weighted by Gasteiger charge is 2.06. The quantitative estimate of drug-likeness (QED) is 0.724. The summed E-state index contributed by atoms with van der Waals surface area (Å²) in [4.78, 5) is 23.4. The Morgan fingerprint density at radius 1 is 0.958 bits per heavy atom. The van der Waals surface area contributed by atoms with E-state index >= 15 is 0 Å². The van der Waals surface area contributed by atoms with Gasteiger partial charge >= 0.3 is 0 Å². The topological polar surface area (TPSA) is 70.2 Å². The van der Waals surface area contributed by atoms with Gasteiger partial charge in [-0.2, -0.15) is 0 Å². The second-order valence-electron chi connectivity index (χ2n) is 4.89. The molecule has 0 spiro atoms. The first kappa shape index (κ1) is 17.9. The van der Waals surface area contributed by atoms with Crippen molar-refractivity contribution < 1.29 is 9.59 Å². The number of nitrogens with one attached hydrogen (secondary N) is 3. The zero-order chi connectivity index (χ0) is 17.5. The number of carbonyl (C=O) groups is 2. The van der Waals surface area contributed by atoms with E-state index in [2.05, 4.69) is 16.0 Å². The van der Waals surface area contributed by atoms with E-state index in [0.29, 0.717) is 28.4 Å². The number of halogens is 1. The molecule has 2 aromatic rings. The van der Waals surface area contributed by atoms with Crippen LogP contribution in [0.1, 0.15) is 23.7 Å². The molecule has 2 aromatic carbocycles. The van der Waals surface area contributed by atoms with Crippen molar-refractivity contribution >= 4 is 52.1 Å². The van der Waals surface area contributed by atoms with Crippen molar-refractivity contribution in [3.05, 3.63) is 59.1 Å². The van der Waals surface area contributed by atoms with Crippen LogP contribution in [0.5, 0.6) is 0 Å². The minimum absolute atomic E-state index is 0.153. The Labute approximate surface area is 150 Å². The Bertz CT molecular complexity index is 745. The van der Waals surface area contributed by atoms with Gasteiger partial charge in [-0.1, -0.05) is 18.5 Å². The first-order chi connectivity index (χ1) is 11.5. The van der Waals surface area contributed by atoms with Crippen LogP contribution in [0, 0.1) is 0 Å². The van der Waals surface area contributed by atoms with Crippen molar-refractivity contribution in [2.24, 2.45) is 0 Å². The number of anilines is 2. The van der Waals surface area contributed by atoms with E-state index in [9.17, 15) is 9.59 Å². The molecule has 0 aliphatic carbocycles. The summed E-state index contributed by atoms with van der Waals surface area (Å²) in [5.74, 6) is -0.377. The monoisotopic (exact) mass is 361 g/mol. The molecule has 0 unspecified atom stereocenters. The number of thiocarbonyl (C=S) groups is 1. The molecule has 0 aliphatic rings. The third-order valence-corrected chi connectivity index (χ3v) is 3.54. The fourth-order valence-corrected chi connectivity index (χ4v) is 2.18. The van der Waals surface area contributed by atoms with E-state index in [-0.39, 0.29) is 16.9 Å². The first-order valence-electron chi connectivity index (χ1n) is 7.25. The second-order valence-corrected chi connectivity index (χ2v) is 5.74. The van der Waals surface area contributed by atoms with E-state index < -0.39 is 0 Å². The van der Waals surface area contributed by atoms with E-state index in [0.717, 1.165) is 0 Å². The van der Waals surface area contributed by atoms with Crippen molar-refractivity contribution in [3.8, 4) is 0 Å². The molecule has 2 rings (SSSR count). The third kappa shape index (κ3) is 5.33. The molecule has 0 atom stereocenters. The third-order valence-electron chi connectivity index (χ3n) is 3.08. The highest BCUT2D eigenvalue weighted by Crippen LogP contribution is 2.15. The SMILES string of the molecule is CCC(=O)NC(=S)Nc1ccc(NC(=O)c2ccc(Cl)cc2)cc1. The molecule has 0 fully saturated rings. The molecule has 0 saturated heterocycles. The van der Waals surface area contributed by atoms with Gasteiger partial charge < -0.3 is 16.0 Å². The predicted octanol–water partition coefficient (Wildman–Crippen LogP) is 3.82. The fraction of sp³-hybridized carbons (Fsp3) is 0.118. The van der Waals surface area contributed by atoms with E-state index in [4.69, 9.17) is 23.8 Å². The van der Waals surface area contributed by atoms with Crippen LogP contribution in [0.15, 0.2) is 48.5 Å². The number of rotatable bonds is 4. The molecule has 5 nitrogen and oxygen atoms in total. The summed E-state index contributed by atoms with van der Waals surface area (Å²) in [6.07, 6.45) is 0.359. The maximum atomic E-state index is 12.1. The molecule has 124 valence electrons. The maximum Gasteiger partial charge on any atom is 0.255 e. The van der Waals surface area contributed by atoms with Gasteiger partial charge in [-0.05, 0) is 60.7 Å². The van der Waals surface area contributed by atoms with Crippen LogP contribution in [-0.2, 0) is 4.79 Å². The first-order valence-corrected chi connectivity index (χ1v) is 8.04. The van der Waals surface area contributed by atoms with Crippen LogP contribution >= 0.6 is 23.8 Å². The lowest BCUT2D eigenvalue weighted by atomic mass is 10.2. The normalized spacial score (nSPS) is 9.92. The lowest BCUT2D eigenvalue weighted by Crippen LogP contribution is -2.33. The van der Waals surface area contributed by atoms with Crippen LogP contribution in [0.4, 0.5) is 11.4 Å². The fourth-order valence-electron chi connectivity index (χ4n) is 1.82. The highest BCUT2D eigenvalue weighted by atomic mass is 35.5. The summed E-state index contributed by atoms with van der Waals surface area (Å²) >= 11 is 10.8. The van der Waals surface area contributed by atoms with Gasteiger partial charge in [-0.25, -0.2) is 0 Å². The van der Waals surface area contributed by atoms with Crippen LogP contribution < -0.4 is 16.0 Å². The van der Waals surface area contributed by atoms with E-state index in [1.807, 2.05) is 0 Å². The lowest BCUT2D eigenvalue weighted by Gasteiger charge is -2.10. The highest BCUT2D eigenvalue weighted by molar-refractivity contribution is 7.80. The second kappa shape index (κ2) is 8.42. The molecule has 7 heteroatoms. The number of carbonyl (C=O) groups excluding carboxylic acids is 2. The van der Waals surface area contributed by atoms with Gasteiger partial charge in [0.1, 0.15) is 0 Å². The van der Waals surface area contributed by atoms with Gasteiger partial charge in [0.15, 0.2) is 5.11 Å². The molecule has 0 aliphatic heterocycles. The number of amides is 2. The lowest BCUT2D eigenvalue weighted by molar-refractivity contribution is -0.119. The number of benzene rings is 2. The van der Waals surface area contributed by atoms with Gasteiger partial charge in [0.2, 0.25) is 5.91 Å². The summed E-state index contributed by atoms with van der Waals surface area (Å²) in [6.45, 7) is 1.75. The summed E-state index contributed by atoms with van der Waals surface area (Å²) in [5, 5.41) is 9.05. The van der Waals surface area contributed by atoms with Crippen LogP contribution in [0.25, 0.3) is 0 Å². The Hall–Kier alpha value is -2.44. The van der Waals surface area contributed by atoms with Crippen LogP contribution in [0.3, 0.4) is 0 Å². The molecular weight excluding hydrogens is 346 g/mol. The van der Waals surface area contributed by atoms with Gasteiger partial charge in [-0.3, -0.25) is 9.59 Å². The van der Waals surface area contributed by atoms with Gasteiger partial charge in [0.25, 0.3) is 5.91 Å². The molecule has 0 radical (unpaired) electrons. The van der Waals surface area contributed by atoms with Crippen molar-refractivity contribution in [2.45, 2.75) is 13.3 Å². The van der Waals surface area contributed by atoms with E-state index in [1.165, 1.54) is 0 Å². The largest absolute Gasteiger partial charge is 0.332 e. The maximum absolute atomic E-state index is 12.1. The average molecular weight is 362 g/mol. The molecule has 0 saturated carbocycles. The van der Waals surface area contributed by atoms with Crippen LogP contribution in [0.2, 0.25) is 5.02 Å². The van der Waals surface area contributed by atoms with Crippen molar-refractivity contribution in [1.29, 1.82) is 0 Å². The molecule has 0 heterocycles. The Morgan fingerprint density at radius 3 is 2.04 bits per heavy atom. The smallest absolute Gasteiger partial charge is 0.255 e. The molecule has 24 heavy (non-hydrogen) atoms. The average Bonchev–Trinajstić information content (AvgIpc) is 2.57. The van der Waals surface area contributed by atoms with Crippen molar-refractivity contribution in [2.75, 3.05) is 10.6 Å².